The zero-order chi connectivity index (χ0) is 13.2. The van der Waals surface area contributed by atoms with Gasteiger partial charge in [-0.3, -0.25) is 5.32 Å². The summed E-state index contributed by atoms with van der Waals surface area (Å²) in [7, 11) is 0. The van der Waals surface area contributed by atoms with Crippen molar-refractivity contribution in [1.29, 1.82) is 5.26 Å². The van der Waals surface area contributed by atoms with Gasteiger partial charge >= 0.3 is 0 Å². The highest BCUT2D eigenvalue weighted by Gasteiger charge is 2.33. The zero-order valence-electron chi connectivity index (χ0n) is 10.0. The molecule has 1 aliphatic rings. The van der Waals surface area contributed by atoms with Gasteiger partial charge in [0, 0.05) is 6.04 Å². The second kappa shape index (κ2) is 4.91. The molecule has 96 valence electrons. The number of nitrogens with one attached hydrogen (secondary N) is 1. The van der Waals surface area contributed by atoms with E-state index in [2.05, 4.69) is 11.4 Å². The summed E-state index contributed by atoms with van der Waals surface area (Å²) in [6, 6.07) is 6.16. The summed E-state index contributed by atoms with van der Waals surface area (Å²) < 4.78 is 31.5. The Morgan fingerprint density at radius 1 is 1.50 bits per heavy atom. The number of rotatable bonds is 5. The Labute approximate surface area is 104 Å². The van der Waals surface area contributed by atoms with Crippen molar-refractivity contribution >= 4 is 0 Å². The van der Waals surface area contributed by atoms with Gasteiger partial charge in [0.15, 0.2) is 11.6 Å². The summed E-state index contributed by atoms with van der Waals surface area (Å²) in [5.74, 6) is -2.15. The predicted octanol–water partition coefficient (Wildman–Crippen LogP) is 2.38. The highest BCUT2D eigenvalue weighted by molar-refractivity contribution is 5.25. The van der Waals surface area contributed by atoms with Gasteiger partial charge in [-0.15, -0.1) is 0 Å². The molecule has 3 nitrogen and oxygen atoms in total. The van der Waals surface area contributed by atoms with Crippen LogP contribution in [-0.2, 0) is 0 Å². The van der Waals surface area contributed by atoms with Crippen molar-refractivity contribution in [2.24, 2.45) is 0 Å². The fourth-order valence-corrected chi connectivity index (χ4v) is 1.60. The molecule has 0 bridgehead atoms. The molecule has 0 heterocycles. The van der Waals surface area contributed by atoms with Crippen LogP contribution < -0.4 is 10.1 Å². The average Bonchev–Trinajstić information content (AvgIpc) is 3.15. The number of ether oxygens (including phenoxy) is 1. The zero-order valence-corrected chi connectivity index (χ0v) is 10.0. The standard InChI is InChI=1S/C13H14F2N2O/c1-13(7-16,17-9-5-6-9)8-18-11-4-2-3-10(14)12(11)15/h2-4,9,17H,5-6,8H2,1H3. The smallest absolute Gasteiger partial charge is 0.200 e. The van der Waals surface area contributed by atoms with Crippen LogP contribution in [0.2, 0.25) is 0 Å². The van der Waals surface area contributed by atoms with Gasteiger partial charge < -0.3 is 4.74 Å². The van der Waals surface area contributed by atoms with Crippen molar-refractivity contribution in [1.82, 2.24) is 5.32 Å². The van der Waals surface area contributed by atoms with Gasteiger partial charge in [-0.1, -0.05) is 6.07 Å². The van der Waals surface area contributed by atoms with E-state index in [0.29, 0.717) is 6.04 Å². The van der Waals surface area contributed by atoms with Crippen LogP contribution in [0.15, 0.2) is 18.2 Å². The summed E-state index contributed by atoms with van der Waals surface area (Å²) in [4.78, 5) is 0. The van der Waals surface area contributed by atoms with E-state index in [-0.39, 0.29) is 12.4 Å². The van der Waals surface area contributed by atoms with E-state index in [1.54, 1.807) is 6.92 Å². The molecule has 0 spiro atoms. The Kier molecular flexibility index (Phi) is 3.48. The number of nitriles is 1. The van der Waals surface area contributed by atoms with Crippen LogP contribution in [0, 0.1) is 23.0 Å². The van der Waals surface area contributed by atoms with E-state index in [9.17, 15) is 8.78 Å². The lowest BCUT2D eigenvalue weighted by molar-refractivity contribution is 0.222. The minimum Gasteiger partial charge on any atom is -0.487 e. The second-order valence-electron chi connectivity index (χ2n) is 4.70. The third-order valence-corrected chi connectivity index (χ3v) is 2.78. The molecule has 1 N–H and O–H groups in total. The monoisotopic (exact) mass is 252 g/mol. The average molecular weight is 252 g/mol. The van der Waals surface area contributed by atoms with Crippen molar-refractivity contribution in [2.75, 3.05) is 6.61 Å². The fourth-order valence-electron chi connectivity index (χ4n) is 1.60. The first-order chi connectivity index (χ1) is 8.54. The highest BCUT2D eigenvalue weighted by Crippen LogP contribution is 2.24. The summed E-state index contributed by atoms with van der Waals surface area (Å²) in [5, 5.41) is 12.2. The molecule has 1 atom stereocenters. The van der Waals surface area contributed by atoms with Crippen molar-refractivity contribution in [3.8, 4) is 11.8 Å². The molecule has 1 saturated carbocycles. The largest absolute Gasteiger partial charge is 0.487 e. The third kappa shape index (κ3) is 2.96. The Balaban J connectivity index is 2.01. The van der Waals surface area contributed by atoms with E-state index in [4.69, 9.17) is 10.00 Å². The van der Waals surface area contributed by atoms with Crippen LogP contribution in [0.3, 0.4) is 0 Å². The number of hydrogen-bond donors (Lipinski definition) is 1. The van der Waals surface area contributed by atoms with Gasteiger partial charge in [-0.2, -0.15) is 9.65 Å². The van der Waals surface area contributed by atoms with Crippen molar-refractivity contribution in [2.45, 2.75) is 31.3 Å². The van der Waals surface area contributed by atoms with Gasteiger partial charge in [0.05, 0.1) is 6.07 Å². The summed E-state index contributed by atoms with van der Waals surface area (Å²) in [6.07, 6.45) is 2.07. The molecule has 1 aromatic rings. The third-order valence-electron chi connectivity index (χ3n) is 2.78. The van der Waals surface area contributed by atoms with Crippen LogP contribution in [0.5, 0.6) is 5.75 Å². The molecule has 0 radical (unpaired) electrons. The lowest BCUT2D eigenvalue weighted by Gasteiger charge is -2.23. The first-order valence-corrected chi connectivity index (χ1v) is 5.80. The quantitative estimate of drug-likeness (QED) is 0.875. The topological polar surface area (TPSA) is 45.0 Å². The van der Waals surface area contributed by atoms with E-state index in [0.717, 1.165) is 18.9 Å². The first kappa shape index (κ1) is 12.8. The molecule has 18 heavy (non-hydrogen) atoms. The Morgan fingerprint density at radius 3 is 2.83 bits per heavy atom. The SMILES string of the molecule is CC(C#N)(COc1cccc(F)c1F)NC1CC1. The fraction of sp³-hybridized carbons (Fsp3) is 0.462. The van der Waals surface area contributed by atoms with Gasteiger partial charge in [-0.25, -0.2) is 4.39 Å². The molecule has 0 aliphatic heterocycles. The first-order valence-electron chi connectivity index (χ1n) is 5.80. The maximum absolute atomic E-state index is 13.4. The Morgan fingerprint density at radius 2 is 2.22 bits per heavy atom. The van der Waals surface area contributed by atoms with Gasteiger partial charge in [0.1, 0.15) is 12.1 Å². The maximum atomic E-state index is 13.4. The van der Waals surface area contributed by atoms with Crippen LogP contribution >= 0.6 is 0 Å². The van der Waals surface area contributed by atoms with Crippen LogP contribution in [0.25, 0.3) is 0 Å². The molecule has 5 heteroatoms. The molecule has 1 fully saturated rings. The van der Waals surface area contributed by atoms with E-state index in [1.807, 2.05) is 0 Å². The van der Waals surface area contributed by atoms with E-state index >= 15 is 0 Å². The summed E-state index contributed by atoms with van der Waals surface area (Å²) in [6.45, 7) is 1.66. The number of benzene rings is 1. The van der Waals surface area contributed by atoms with Gasteiger partial charge in [0.2, 0.25) is 5.82 Å². The molecule has 1 aliphatic carbocycles. The molecule has 0 saturated heterocycles. The Bertz CT molecular complexity index is 482. The molecule has 0 amide bonds. The highest BCUT2D eigenvalue weighted by atomic mass is 19.2. The van der Waals surface area contributed by atoms with Crippen molar-refractivity contribution in [3.63, 3.8) is 0 Å². The normalized spacial score (nSPS) is 17.9. The molecular weight excluding hydrogens is 238 g/mol. The summed E-state index contributed by atoms with van der Waals surface area (Å²) in [5.41, 5.74) is -0.889. The lowest BCUT2D eigenvalue weighted by Crippen LogP contribution is -2.47. The minimum absolute atomic E-state index is 0.0274. The van der Waals surface area contributed by atoms with E-state index in [1.165, 1.54) is 12.1 Å². The van der Waals surface area contributed by atoms with Gasteiger partial charge in [0.25, 0.3) is 0 Å². The molecule has 1 aromatic carbocycles. The number of hydrogen-bond acceptors (Lipinski definition) is 3. The Hall–Kier alpha value is -1.67. The summed E-state index contributed by atoms with van der Waals surface area (Å²) >= 11 is 0. The molecule has 0 aromatic heterocycles. The second-order valence-corrected chi connectivity index (χ2v) is 4.70. The molecule has 2 rings (SSSR count). The van der Waals surface area contributed by atoms with Crippen LogP contribution in [0.1, 0.15) is 19.8 Å². The predicted molar refractivity (Wildman–Crippen MR) is 62.0 cm³/mol. The number of nitrogens with zero attached hydrogens (tertiary/aromatic N) is 1. The molecular formula is C13H14F2N2O. The van der Waals surface area contributed by atoms with Crippen LogP contribution in [0.4, 0.5) is 8.78 Å². The van der Waals surface area contributed by atoms with E-state index < -0.39 is 17.2 Å². The van der Waals surface area contributed by atoms with Crippen molar-refractivity contribution < 1.29 is 13.5 Å². The number of halogens is 2. The maximum Gasteiger partial charge on any atom is 0.200 e. The molecule has 1 unspecified atom stereocenters. The van der Waals surface area contributed by atoms with Crippen LogP contribution in [-0.4, -0.2) is 18.2 Å². The van der Waals surface area contributed by atoms with Gasteiger partial charge in [-0.05, 0) is 31.9 Å². The van der Waals surface area contributed by atoms with Crippen molar-refractivity contribution in [3.05, 3.63) is 29.8 Å². The minimum atomic E-state index is -1.02. The lowest BCUT2D eigenvalue weighted by atomic mass is 10.1.